The van der Waals surface area contributed by atoms with E-state index in [9.17, 15) is 43.5 Å². The molecule has 0 radical (unpaired) electrons. The van der Waals surface area contributed by atoms with Crippen molar-refractivity contribution in [3.8, 4) is 0 Å². The number of unbranched alkanes of at least 4 members (excludes halogenated alkanes) is 17. The minimum Gasteiger partial charge on any atom is -0.463 e. The number of aliphatic hydroxyl groups is 2. The van der Waals surface area contributed by atoms with Gasteiger partial charge in [0, 0.05) is 19.3 Å². The standard InChI is InChI=1S/C77H126O16P2/c1-4-7-10-13-16-19-22-25-28-30-32-34-35-37-39-40-43-45-48-51-54-57-60-63-75(80)87-66-72(78)67-89-94(83,84)90-68-73(79)69-91-95(85,86)92-71-74(93-77(82)65-62-59-56-53-50-47-42-27-24-21-18-15-12-9-6-3)70-88-76(81)64-61-58-55-52-49-46-44-41-38-36-33-31-29-26-23-20-17-14-11-8-5-2/h7-8,10-11,16-21,25-29,32-34,36-37,39,41-42,44,49,52,72-74,78-79H,4-6,9,12-15,22-24,30-31,35,38,40,43,45-48,50-51,53-71H2,1-3H3,(H,83,84)(H,85,86)/b10-7-,11-8-,19-16-,20-17-,21-18-,28-25-,29-26-,34-32-,36-33-,39-37-,42-27-,44-41-,52-49-. The van der Waals surface area contributed by atoms with E-state index in [1.54, 1.807) is 0 Å². The van der Waals surface area contributed by atoms with Crippen molar-refractivity contribution in [3.63, 3.8) is 0 Å². The van der Waals surface area contributed by atoms with E-state index >= 15 is 0 Å². The van der Waals surface area contributed by atoms with E-state index in [4.69, 9.17) is 32.3 Å². The van der Waals surface area contributed by atoms with Crippen LogP contribution in [0.5, 0.6) is 0 Å². The molecule has 4 N–H and O–H groups in total. The van der Waals surface area contributed by atoms with Crippen molar-refractivity contribution >= 4 is 33.6 Å². The second-order valence-electron chi connectivity index (χ2n) is 23.3. The maximum absolute atomic E-state index is 12.9. The highest BCUT2D eigenvalue weighted by atomic mass is 31.2. The number of carbonyl (C=O) groups is 3. The Morgan fingerprint density at radius 3 is 0.905 bits per heavy atom. The predicted molar refractivity (Wildman–Crippen MR) is 389 cm³/mol. The van der Waals surface area contributed by atoms with Gasteiger partial charge in [-0.2, -0.15) is 0 Å². The molecule has 0 amide bonds. The molecular formula is C77H126O16P2. The first-order valence-corrected chi connectivity index (χ1v) is 38.8. The number of phosphoric ester groups is 2. The number of allylic oxidation sites excluding steroid dienone is 26. The Morgan fingerprint density at radius 1 is 0.305 bits per heavy atom. The Morgan fingerprint density at radius 2 is 0.558 bits per heavy atom. The predicted octanol–water partition coefficient (Wildman–Crippen LogP) is 20.3. The fraction of sp³-hybridized carbons (Fsp3) is 0.623. The molecule has 0 aliphatic heterocycles. The van der Waals surface area contributed by atoms with Crippen molar-refractivity contribution in [2.24, 2.45) is 0 Å². The third kappa shape index (κ3) is 70.3. The van der Waals surface area contributed by atoms with Gasteiger partial charge >= 0.3 is 33.6 Å². The van der Waals surface area contributed by atoms with Crippen molar-refractivity contribution in [1.29, 1.82) is 0 Å². The van der Waals surface area contributed by atoms with Crippen molar-refractivity contribution in [1.82, 2.24) is 0 Å². The van der Waals surface area contributed by atoms with Gasteiger partial charge in [-0.1, -0.05) is 243 Å². The lowest BCUT2D eigenvalue weighted by Gasteiger charge is -2.21. The number of esters is 3. The minimum atomic E-state index is -4.95. The number of rotatable bonds is 66. The number of ether oxygens (including phenoxy) is 3. The van der Waals surface area contributed by atoms with Gasteiger partial charge in [0.25, 0.3) is 0 Å². The van der Waals surface area contributed by atoms with Crippen LogP contribution >= 0.6 is 15.6 Å². The SMILES string of the molecule is CC/C=C\C/C=C\C/C=C\C/C=C\C/C=C\C/C=C\CCCCC(=O)OCC(COP(=O)(O)OCC(O)COP(=O)(O)OCC(O)COC(=O)CCCCCCCCC/C=C\C/C=C\C/C=C\C/C=C\C/C=C\CC)OC(=O)CCCCCCC/C=C\C/C=C\CCCCC. The van der Waals surface area contributed by atoms with Crippen LogP contribution < -0.4 is 0 Å². The highest BCUT2D eigenvalue weighted by Crippen LogP contribution is 2.45. The molecule has 0 saturated carbocycles. The van der Waals surface area contributed by atoms with Crippen molar-refractivity contribution in [2.75, 3.05) is 39.6 Å². The lowest BCUT2D eigenvalue weighted by molar-refractivity contribution is -0.161. The van der Waals surface area contributed by atoms with Crippen LogP contribution in [0.2, 0.25) is 0 Å². The molecule has 0 aromatic carbocycles. The van der Waals surface area contributed by atoms with Crippen molar-refractivity contribution in [3.05, 3.63) is 158 Å². The van der Waals surface area contributed by atoms with E-state index in [1.165, 1.54) is 19.3 Å². The average molecular weight is 1370 g/mol. The third-order valence-electron chi connectivity index (χ3n) is 14.2. The molecule has 18 heteroatoms. The van der Waals surface area contributed by atoms with Gasteiger partial charge in [0.2, 0.25) is 0 Å². The lowest BCUT2D eigenvalue weighted by atomic mass is 10.1. The molecule has 0 fully saturated rings. The summed E-state index contributed by atoms with van der Waals surface area (Å²) in [5, 5.41) is 20.6. The summed E-state index contributed by atoms with van der Waals surface area (Å²) in [6, 6.07) is 0. The first-order chi connectivity index (χ1) is 46.2. The van der Waals surface area contributed by atoms with E-state index in [1.807, 2.05) is 0 Å². The van der Waals surface area contributed by atoms with Crippen LogP contribution in [0, 0.1) is 0 Å². The van der Waals surface area contributed by atoms with E-state index < -0.39 is 91.5 Å². The summed E-state index contributed by atoms with van der Waals surface area (Å²) in [5.74, 6) is -1.66. The Hall–Kier alpha value is -4.83. The van der Waals surface area contributed by atoms with E-state index in [0.29, 0.717) is 19.3 Å². The second kappa shape index (κ2) is 69.1. The highest BCUT2D eigenvalue weighted by molar-refractivity contribution is 7.47. The molecule has 0 heterocycles. The topological polar surface area (TPSA) is 231 Å². The van der Waals surface area contributed by atoms with Crippen LogP contribution in [0.15, 0.2) is 158 Å². The summed E-state index contributed by atoms with van der Waals surface area (Å²) in [4.78, 5) is 58.5. The van der Waals surface area contributed by atoms with Gasteiger partial charge in [0.05, 0.1) is 26.4 Å². The van der Waals surface area contributed by atoms with Crippen LogP contribution in [0.3, 0.4) is 0 Å². The molecule has 540 valence electrons. The maximum atomic E-state index is 12.9. The molecule has 0 spiro atoms. The van der Waals surface area contributed by atoms with E-state index in [2.05, 4.69) is 179 Å². The van der Waals surface area contributed by atoms with Crippen LogP contribution in [0.25, 0.3) is 0 Å². The summed E-state index contributed by atoms with van der Waals surface area (Å²) in [6.45, 7) is 2.31. The van der Waals surface area contributed by atoms with Gasteiger partial charge in [-0.05, 0) is 148 Å². The lowest BCUT2D eigenvalue weighted by Crippen LogP contribution is -2.30. The molecule has 95 heavy (non-hydrogen) atoms. The number of carbonyl (C=O) groups excluding carboxylic acids is 3. The van der Waals surface area contributed by atoms with Gasteiger partial charge < -0.3 is 34.2 Å². The maximum Gasteiger partial charge on any atom is 0.472 e. The molecule has 5 atom stereocenters. The fourth-order valence-electron chi connectivity index (χ4n) is 8.81. The fourth-order valence-corrected chi connectivity index (χ4v) is 10.4. The molecular weight excluding hydrogens is 1240 g/mol. The van der Waals surface area contributed by atoms with E-state index in [0.717, 1.165) is 173 Å². The Balaban J connectivity index is 4.72. The Labute approximate surface area is 574 Å². The highest BCUT2D eigenvalue weighted by Gasteiger charge is 2.29. The molecule has 16 nitrogen and oxygen atoms in total. The normalized spacial score (nSPS) is 15.1. The first-order valence-electron chi connectivity index (χ1n) is 35.8. The smallest absolute Gasteiger partial charge is 0.463 e. The number of hydrogen-bond donors (Lipinski definition) is 4. The number of hydrogen-bond acceptors (Lipinski definition) is 14. The van der Waals surface area contributed by atoms with E-state index in [-0.39, 0.29) is 19.3 Å². The summed E-state index contributed by atoms with van der Waals surface area (Å²) in [7, 11) is -9.81. The van der Waals surface area contributed by atoms with Crippen molar-refractivity contribution < 1.29 is 75.8 Å². The largest absolute Gasteiger partial charge is 0.472 e. The zero-order valence-corrected chi connectivity index (χ0v) is 60.3. The summed E-state index contributed by atoms with van der Waals surface area (Å²) < 4.78 is 60.9. The summed E-state index contributed by atoms with van der Waals surface area (Å²) in [5.41, 5.74) is 0. The average Bonchev–Trinajstić information content (AvgIpc) is 2.15. The zero-order chi connectivity index (χ0) is 69.5. The second-order valence-corrected chi connectivity index (χ2v) is 26.2. The monoisotopic (exact) mass is 1370 g/mol. The van der Waals surface area contributed by atoms with Crippen LogP contribution in [0.1, 0.15) is 252 Å². The number of aliphatic hydroxyl groups excluding tert-OH is 2. The summed E-state index contributed by atoms with van der Waals surface area (Å²) in [6.07, 6.45) is 84.3. The molecule has 0 saturated heterocycles. The molecule has 5 unspecified atom stereocenters. The van der Waals surface area contributed by atoms with Crippen LogP contribution in [0.4, 0.5) is 0 Å². The van der Waals surface area contributed by atoms with Crippen molar-refractivity contribution in [2.45, 2.75) is 270 Å². The Kier molecular flexibility index (Phi) is 65.6. The molecule has 0 bridgehead atoms. The number of phosphoric acid groups is 2. The molecule has 0 aliphatic carbocycles. The Bertz CT molecular complexity index is 2360. The quantitative estimate of drug-likeness (QED) is 0.0146. The molecule has 0 aromatic rings. The van der Waals surface area contributed by atoms with Gasteiger partial charge in [-0.15, -0.1) is 0 Å². The minimum absolute atomic E-state index is 0.0728. The van der Waals surface area contributed by atoms with Crippen LogP contribution in [-0.2, 0) is 55.8 Å². The van der Waals surface area contributed by atoms with Gasteiger partial charge in [0.15, 0.2) is 6.10 Å². The zero-order valence-electron chi connectivity index (χ0n) is 58.5. The molecule has 0 rings (SSSR count). The van der Waals surface area contributed by atoms with Gasteiger partial charge in [0.1, 0.15) is 25.4 Å². The molecule has 0 aliphatic rings. The first kappa shape index (κ1) is 90.2. The summed E-state index contributed by atoms with van der Waals surface area (Å²) >= 11 is 0. The third-order valence-corrected chi connectivity index (χ3v) is 16.1. The van der Waals surface area contributed by atoms with Gasteiger partial charge in [-0.25, -0.2) is 9.13 Å². The van der Waals surface area contributed by atoms with Crippen LogP contribution in [-0.4, -0.2) is 95.9 Å². The van der Waals surface area contributed by atoms with Gasteiger partial charge in [-0.3, -0.25) is 32.5 Å². The molecule has 0 aromatic heterocycles.